The molecule has 2 heterocycles. The Morgan fingerprint density at radius 2 is 2.00 bits per heavy atom. The van der Waals surface area contributed by atoms with E-state index in [1.54, 1.807) is 12.1 Å². The summed E-state index contributed by atoms with van der Waals surface area (Å²) >= 11 is 0. The molecule has 7 heteroatoms. The Labute approximate surface area is 121 Å². The Bertz CT molecular complexity index is 582. The SMILES string of the molecule is O=C(O)N1CCC(N2CCc3cc([N+](=O)[O-])ccc32)CC1. The van der Waals surface area contributed by atoms with Crippen molar-refractivity contribution in [2.24, 2.45) is 0 Å². The van der Waals surface area contributed by atoms with Crippen LogP contribution in [-0.4, -0.2) is 46.7 Å². The summed E-state index contributed by atoms with van der Waals surface area (Å²) in [5.41, 5.74) is 2.22. The van der Waals surface area contributed by atoms with E-state index in [4.69, 9.17) is 5.11 Å². The smallest absolute Gasteiger partial charge is 0.407 e. The molecule has 0 aromatic heterocycles. The number of rotatable bonds is 2. The highest BCUT2D eigenvalue weighted by atomic mass is 16.6. The van der Waals surface area contributed by atoms with Gasteiger partial charge in [0.25, 0.3) is 5.69 Å². The molecule has 3 rings (SSSR count). The van der Waals surface area contributed by atoms with E-state index in [1.807, 2.05) is 6.07 Å². The van der Waals surface area contributed by atoms with Crippen LogP contribution in [0.1, 0.15) is 18.4 Å². The predicted molar refractivity (Wildman–Crippen MR) is 76.8 cm³/mol. The number of non-ortho nitro benzene ring substituents is 1. The Kier molecular flexibility index (Phi) is 3.40. The second-order valence-electron chi connectivity index (χ2n) is 5.51. The number of hydrogen-bond acceptors (Lipinski definition) is 4. The van der Waals surface area contributed by atoms with E-state index >= 15 is 0 Å². The molecule has 1 fully saturated rings. The molecule has 0 bridgehead atoms. The Balaban J connectivity index is 1.73. The number of likely N-dealkylation sites (tertiary alicyclic amines) is 1. The number of carboxylic acid groups (broad SMARTS) is 1. The number of benzene rings is 1. The van der Waals surface area contributed by atoms with E-state index in [9.17, 15) is 14.9 Å². The van der Waals surface area contributed by atoms with E-state index in [2.05, 4.69) is 4.90 Å². The minimum Gasteiger partial charge on any atom is -0.465 e. The maximum absolute atomic E-state index is 10.9. The Morgan fingerprint density at radius 1 is 1.29 bits per heavy atom. The molecular formula is C14H17N3O4. The maximum Gasteiger partial charge on any atom is 0.407 e. The largest absolute Gasteiger partial charge is 0.465 e. The summed E-state index contributed by atoms with van der Waals surface area (Å²) in [6, 6.07) is 5.35. The van der Waals surface area contributed by atoms with Crippen LogP contribution in [-0.2, 0) is 6.42 Å². The summed E-state index contributed by atoms with van der Waals surface area (Å²) in [5.74, 6) is 0. The number of anilines is 1. The van der Waals surface area contributed by atoms with Crippen LogP contribution in [0.5, 0.6) is 0 Å². The van der Waals surface area contributed by atoms with Crippen molar-refractivity contribution in [3.8, 4) is 0 Å². The molecule has 1 N–H and O–H groups in total. The molecule has 21 heavy (non-hydrogen) atoms. The van der Waals surface area contributed by atoms with Gasteiger partial charge in [-0.3, -0.25) is 10.1 Å². The van der Waals surface area contributed by atoms with Crippen molar-refractivity contribution in [1.29, 1.82) is 0 Å². The minimum absolute atomic E-state index is 0.135. The number of amides is 1. The van der Waals surface area contributed by atoms with Gasteiger partial charge < -0.3 is 14.9 Å². The second kappa shape index (κ2) is 5.23. The summed E-state index contributed by atoms with van der Waals surface area (Å²) in [7, 11) is 0. The topological polar surface area (TPSA) is 86.9 Å². The molecule has 2 aliphatic rings. The van der Waals surface area contributed by atoms with Crippen molar-refractivity contribution in [3.63, 3.8) is 0 Å². The number of nitro groups is 1. The summed E-state index contributed by atoms with van der Waals surface area (Å²) in [4.78, 5) is 25.1. The summed E-state index contributed by atoms with van der Waals surface area (Å²) in [6.45, 7) is 1.96. The van der Waals surface area contributed by atoms with Crippen LogP contribution >= 0.6 is 0 Å². The van der Waals surface area contributed by atoms with Crippen LogP contribution < -0.4 is 4.90 Å². The lowest BCUT2D eigenvalue weighted by molar-refractivity contribution is -0.384. The van der Waals surface area contributed by atoms with Gasteiger partial charge in [-0.1, -0.05) is 0 Å². The molecular weight excluding hydrogens is 274 g/mol. The standard InChI is InChI=1S/C14H17N3O4/c18-14(19)15-6-4-11(5-7-15)16-8-3-10-9-12(17(20)21)1-2-13(10)16/h1-2,9,11H,3-8H2,(H,18,19). The first-order chi connectivity index (χ1) is 10.1. The first-order valence-electron chi connectivity index (χ1n) is 7.08. The summed E-state index contributed by atoms with van der Waals surface area (Å²) < 4.78 is 0. The first-order valence-corrected chi connectivity index (χ1v) is 7.08. The van der Waals surface area contributed by atoms with Crippen LogP contribution in [0.3, 0.4) is 0 Å². The molecule has 0 aliphatic carbocycles. The lowest BCUT2D eigenvalue weighted by Crippen LogP contribution is -2.46. The van der Waals surface area contributed by atoms with Crippen LogP contribution in [0.15, 0.2) is 18.2 Å². The van der Waals surface area contributed by atoms with Crippen LogP contribution in [0.2, 0.25) is 0 Å². The molecule has 0 spiro atoms. The number of carbonyl (C=O) groups is 1. The third-order valence-corrected chi connectivity index (χ3v) is 4.38. The number of fused-ring (bicyclic) bond motifs is 1. The fourth-order valence-corrected chi connectivity index (χ4v) is 3.28. The van der Waals surface area contributed by atoms with Crippen molar-refractivity contribution < 1.29 is 14.8 Å². The van der Waals surface area contributed by atoms with Gasteiger partial charge in [0.2, 0.25) is 0 Å². The van der Waals surface area contributed by atoms with Gasteiger partial charge in [0.15, 0.2) is 0 Å². The van der Waals surface area contributed by atoms with Gasteiger partial charge in [-0.05, 0) is 30.9 Å². The van der Waals surface area contributed by atoms with Gasteiger partial charge in [0.1, 0.15) is 0 Å². The zero-order chi connectivity index (χ0) is 15.0. The van der Waals surface area contributed by atoms with Gasteiger partial charge in [-0.25, -0.2) is 4.79 Å². The average molecular weight is 291 g/mol. The van der Waals surface area contributed by atoms with Gasteiger partial charge in [0.05, 0.1) is 4.92 Å². The van der Waals surface area contributed by atoms with E-state index in [0.717, 1.165) is 37.1 Å². The molecule has 0 unspecified atom stereocenters. The van der Waals surface area contributed by atoms with Crippen molar-refractivity contribution in [2.45, 2.75) is 25.3 Å². The van der Waals surface area contributed by atoms with E-state index < -0.39 is 6.09 Å². The second-order valence-corrected chi connectivity index (χ2v) is 5.51. The Hall–Kier alpha value is -2.31. The quantitative estimate of drug-likeness (QED) is 0.666. The lowest BCUT2D eigenvalue weighted by atomic mass is 10.0. The number of piperidine rings is 1. The molecule has 1 aromatic rings. The molecule has 1 saturated heterocycles. The number of hydrogen-bond donors (Lipinski definition) is 1. The molecule has 1 amide bonds. The highest BCUT2D eigenvalue weighted by Crippen LogP contribution is 2.34. The summed E-state index contributed by atoms with van der Waals surface area (Å²) in [5, 5.41) is 19.8. The van der Waals surface area contributed by atoms with E-state index in [-0.39, 0.29) is 10.6 Å². The highest BCUT2D eigenvalue weighted by Gasteiger charge is 2.31. The zero-order valence-corrected chi connectivity index (χ0v) is 11.6. The molecule has 7 nitrogen and oxygen atoms in total. The lowest BCUT2D eigenvalue weighted by Gasteiger charge is -2.37. The molecule has 0 saturated carbocycles. The number of nitrogens with zero attached hydrogens (tertiary/aromatic N) is 3. The van der Waals surface area contributed by atoms with Gasteiger partial charge in [0, 0.05) is 43.5 Å². The van der Waals surface area contributed by atoms with Crippen molar-refractivity contribution in [3.05, 3.63) is 33.9 Å². The molecule has 1 aromatic carbocycles. The first kappa shape index (κ1) is 13.7. The van der Waals surface area contributed by atoms with Crippen LogP contribution in [0, 0.1) is 10.1 Å². The van der Waals surface area contributed by atoms with Crippen molar-refractivity contribution >= 4 is 17.5 Å². The molecule has 0 radical (unpaired) electrons. The minimum atomic E-state index is -0.856. The van der Waals surface area contributed by atoms with Crippen molar-refractivity contribution in [2.75, 3.05) is 24.5 Å². The monoisotopic (exact) mass is 291 g/mol. The van der Waals surface area contributed by atoms with E-state index in [1.165, 1.54) is 4.90 Å². The Morgan fingerprint density at radius 3 is 2.62 bits per heavy atom. The molecule has 112 valence electrons. The highest BCUT2D eigenvalue weighted by molar-refractivity contribution is 5.65. The van der Waals surface area contributed by atoms with Crippen LogP contribution in [0.25, 0.3) is 0 Å². The predicted octanol–water partition coefficient (Wildman–Crippen LogP) is 2.10. The maximum atomic E-state index is 10.9. The van der Waals surface area contributed by atoms with Gasteiger partial charge >= 0.3 is 6.09 Å². The van der Waals surface area contributed by atoms with Crippen molar-refractivity contribution in [1.82, 2.24) is 4.90 Å². The van der Waals surface area contributed by atoms with Gasteiger partial charge in [-0.15, -0.1) is 0 Å². The normalized spacial score (nSPS) is 18.7. The van der Waals surface area contributed by atoms with Gasteiger partial charge in [-0.2, -0.15) is 0 Å². The van der Waals surface area contributed by atoms with E-state index in [0.29, 0.717) is 19.1 Å². The fraction of sp³-hybridized carbons (Fsp3) is 0.500. The van der Waals surface area contributed by atoms with Crippen LogP contribution in [0.4, 0.5) is 16.2 Å². The zero-order valence-electron chi connectivity index (χ0n) is 11.6. The molecule has 0 atom stereocenters. The number of nitro benzene ring substituents is 1. The third-order valence-electron chi connectivity index (χ3n) is 4.38. The summed E-state index contributed by atoms with van der Waals surface area (Å²) in [6.07, 6.45) is 1.58. The average Bonchev–Trinajstić information content (AvgIpc) is 2.90. The fourth-order valence-electron chi connectivity index (χ4n) is 3.28. The third kappa shape index (κ3) is 2.51. The molecule has 2 aliphatic heterocycles.